The zero-order chi connectivity index (χ0) is 36.8. The van der Waals surface area contributed by atoms with Gasteiger partial charge in [0.1, 0.15) is 28.7 Å². The van der Waals surface area contributed by atoms with Gasteiger partial charge in [0.15, 0.2) is 0 Å². The van der Waals surface area contributed by atoms with Crippen LogP contribution in [0.4, 0.5) is 5.69 Å². The van der Waals surface area contributed by atoms with Crippen LogP contribution in [0.15, 0.2) is 48.5 Å². The fourth-order valence-corrected chi connectivity index (χ4v) is 16.8. The molecule has 12 fully saturated rings. The van der Waals surface area contributed by atoms with E-state index in [-0.39, 0.29) is 28.1 Å². The summed E-state index contributed by atoms with van der Waals surface area (Å²) in [7, 11) is 0. The van der Waals surface area contributed by atoms with Crippen LogP contribution in [0.3, 0.4) is 0 Å². The number of rotatable bonds is 8. The first-order valence-corrected chi connectivity index (χ1v) is 22.2. The number of phenols is 1. The normalized spacial score (nSPS) is 41.2. The number of carboxylic acid groups (broad SMARTS) is 1. The number of ether oxygens (including phenoxy) is 2. The van der Waals surface area contributed by atoms with Gasteiger partial charge in [-0.2, -0.15) is 0 Å². The quantitative estimate of drug-likeness (QED) is 0.157. The Bertz CT molecular complexity index is 1970. The average Bonchev–Trinajstić information content (AvgIpc) is 3.13. The molecule has 6 heteroatoms. The van der Waals surface area contributed by atoms with Crippen LogP contribution in [-0.4, -0.2) is 16.2 Å². The summed E-state index contributed by atoms with van der Waals surface area (Å²) in [5, 5.41) is 21.6. The van der Waals surface area contributed by atoms with Crippen LogP contribution in [0.25, 0.3) is 0 Å². The molecule has 0 aliphatic heterocycles. The van der Waals surface area contributed by atoms with Crippen molar-refractivity contribution in [3.05, 3.63) is 70.8 Å². The molecule has 3 aromatic rings. The molecule has 4 N–H and O–H groups in total. The monoisotopic (exact) mass is 739 g/mol. The number of carbonyl (C=O) groups is 1. The first-order chi connectivity index (χ1) is 26.7. The van der Waals surface area contributed by atoms with Crippen LogP contribution < -0.4 is 15.2 Å². The lowest BCUT2D eigenvalue weighted by molar-refractivity contribution is -0.00955. The summed E-state index contributed by atoms with van der Waals surface area (Å²) >= 11 is 0. The minimum absolute atomic E-state index is 0.0848. The third kappa shape index (κ3) is 5.27. The standard InChI is InChI=1S/C49H57NO5/c50-40-5-6-41(45(46(40)51)44-35-14-26-7-27(16-35)17-36(44)15-26)55-43-19-42(54-37-3-1-34(2-4-37)47(52)53)38(48-20-28-8-29(21-48)10-30(9-28)22-48)18-39(43)49-23-31-11-32(24-49)13-33(12-31)25-49/h1-6,18-19,26-33,35-36,44,51H,7-17,20-25,50H2,(H,52,53). The minimum Gasteiger partial charge on any atom is -0.505 e. The largest absolute Gasteiger partial charge is 0.505 e. The second-order valence-electron chi connectivity index (χ2n) is 21.1. The zero-order valence-corrected chi connectivity index (χ0v) is 32.2. The second kappa shape index (κ2) is 11.9. The maximum absolute atomic E-state index is 11.9. The first-order valence-electron chi connectivity index (χ1n) is 22.2. The third-order valence-electron chi connectivity index (χ3n) is 17.6. The molecule has 12 bridgehead atoms. The molecule has 0 unspecified atom stereocenters. The van der Waals surface area contributed by atoms with Gasteiger partial charge < -0.3 is 25.4 Å². The summed E-state index contributed by atoms with van der Waals surface area (Å²) < 4.78 is 14.5. The number of aromatic hydroxyl groups is 1. The Morgan fingerprint density at radius 1 is 0.564 bits per heavy atom. The highest BCUT2D eigenvalue weighted by Gasteiger charge is 2.56. The summed E-state index contributed by atoms with van der Waals surface area (Å²) in [6.07, 6.45) is 22.1. The number of anilines is 1. The number of nitrogens with two attached hydrogens (primary N) is 1. The van der Waals surface area contributed by atoms with Crippen molar-refractivity contribution < 1.29 is 24.5 Å². The predicted molar refractivity (Wildman–Crippen MR) is 212 cm³/mol. The number of nitrogen functional groups attached to an aromatic ring is 1. The van der Waals surface area contributed by atoms with Crippen molar-refractivity contribution in [2.24, 2.45) is 59.2 Å². The highest BCUT2D eigenvalue weighted by molar-refractivity contribution is 5.87. The summed E-state index contributed by atoms with van der Waals surface area (Å²) in [4.78, 5) is 11.8. The smallest absolute Gasteiger partial charge is 0.335 e. The fraction of sp³-hybridized carbons (Fsp3) is 0.612. The van der Waals surface area contributed by atoms with Crippen LogP contribution in [0.5, 0.6) is 28.7 Å². The van der Waals surface area contributed by atoms with E-state index in [1.165, 1.54) is 120 Å². The Labute approximate surface area is 325 Å². The van der Waals surface area contributed by atoms with Crippen LogP contribution >= 0.6 is 0 Å². The number of carboxylic acids is 1. The molecule has 0 atom stereocenters. The Morgan fingerprint density at radius 2 is 1.02 bits per heavy atom. The minimum atomic E-state index is -0.932. The van der Waals surface area contributed by atoms with Crippen molar-refractivity contribution >= 4 is 11.7 Å². The molecule has 288 valence electrons. The third-order valence-corrected chi connectivity index (χ3v) is 17.6. The molecule has 6 nitrogen and oxygen atoms in total. The molecule has 0 radical (unpaired) electrons. The molecular weight excluding hydrogens is 683 g/mol. The summed E-state index contributed by atoms with van der Waals surface area (Å²) in [5.74, 6) is 10.3. The Balaban J connectivity index is 1.03. The van der Waals surface area contributed by atoms with Gasteiger partial charge in [-0.15, -0.1) is 0 Å². The fourth-order valence-electron chi connectivity index (χ4n) is 16.8. The summed E-state index contributed by atoms with van der Waals surface area (Å²) in [6.45, 7) is 0. The van der Waals surface area contributed by atoms with E-state index in [0.717, 1.165) is 70.2 Å². The molecule has 12 saturated carbocycles. The van der Waals surface area contributed by atoms with Gasteiger partial charge in [0.2, 0.25) is 0 Å². The molecule has 0 amide bonds. The van der Waals surface area contributed by atoms with Crippen molar-refractivity contribution in [1.29, 1.82) is 0 Å². The SMILES string of the molecule is Nc1ccc(Oc2cc(Oc3ccc(C(=O)O)cc3)c(C34CC5CC(CC(C5)C3)C4)cc2C23CC4CC(CC(C4)C2)C3)c(C2C3CC4CC(C3)CC2C4)c1O. The van der Waals surface area contributed by atoms with E-state index in [4.69, 9.17) is 15.2 Å². The van der Waals surface area contributed by atoms with Crippen LogP contribution in [0, 0.1) is 59.2 Å². The molecule has 0 aromatic heterocycles. The maximum atomic E-state index is 11.9. The number of hydrogen-bond acceptors (Lipinski definition) is 5. The second-order valence-corrected chi connectivity index (χ2v) is 21.1. The molecule has 12 aliphatic carbocycles. The Hall–Kier alpha value is -3.67. The molecule has 15 rings (SSSR count). The van der Waals surface area contributed by atoms with Gasteiger partial charge in [-0.3, -0.25) is 0 Å². The lowest BCUT2D eigenvalue weighted by Gasteiger charge is -2.58. The van der Waals surface area contributed by atoms with E-state index in [9.17, 15) is 15.0 Å². The summed E-state index contributed by atoms with van der Waals surface area (Å²) in [6, 6.07) is 15.7. The van der Waals surface area contributed by atoms with Crippen molar-refractivity contribution in [3.8, 4) is 28.7 Å². The van der Waals surface area contributed by atoms with E-state index in [1.54, 1.807) is 12.1 Å². The van der Waals surface area contributed by atoms with Crippen LogP contribution in [-0.2, 0) is 10.8 Å². The molecule has 0 saturated heterocycles. The van der Waals surface area contributed by atoms with Gasteiger partial charge in [-0.05, 0) is 228 Å². The van der Waals surface area contributed by atoms with Gasteiger partial charge in [-0.25, -0.2) is 4.79 Å². The molecule has 0 heterocycles. The van der Waals surface area contributed by atoms with E-state index in [0.29, 0.717) is 23.3 Å². The predicted octanol–water partition coefficient (Wildman–Crippen LogP) is 11.7. The van der Waals surface area contributed by atoms with Gasteiger partial charge in [-0.1, -0.05) is 0 Å². The number of benzene rings is 3. The number of aromatic carboxylic acids is 1. The van der Waals surface area contributed by atoms with Crippen molar-refractivity contribution in [1.82, 2.24) is 0 Å². The van der Waals surface area contributed by atoms with E-state index in [2.05, 4.69) is 18.2 Å². The van der Waals surface area contributed by atoms with E-state index >= 15 is 0 Å². The molecule has 55 heavy (non-hydrogen) atoms. The van der Waals surface area contributed by atoms with Crippen LogP contribution in [0.1, 0.15) is 142 Å². The number of hydrogen-bond donors (Lipinski definition) is 3. The highest BCUT2D eigenvalue weighted by atomic mass is 16.5. The topological polar surface area (TPSA) is 102 Å². The summed E-state index contributed by atoms with van der Waals surface area (Å²) in [5.41, 5.74) is 11.1. The molecule has 12 aliphatic rings. The van der Waals surface area contributed by atoms with Gasteiger partial charge >= 0.3 is 5.97 Å². The average molecular weight is 740 g/mol. The van der Waals surface area contributed by atoms with Crippen molar-refractivity contribution in [2.75, 3.05) is 5.73 Å². The molecule has 3 aromatic carbocycles. The van der Waals surface area contributed by atoms with Gasteiger partial charge in [0, 0.05) is 22.8 Å². The zero-order valence-electron chi connectivity index (χ0n) is 32.2. The number of phenolic OH excluding ortho intramolecular Hbond substituents is 1. The van der Waals surface area contributed by atoms with E-state index in [1.807, 2.05) is 18.2 Å². The van der Waals surface area contributed by atoms with Crippen LogP contribution in [0.2, 0.25) is 0 Å². The lowest BCUT2D eigenvalue weighted by Crippen LogP contribution is -2.50. The highest BCUT2D eigenvalue weighted by Crippen LogP contribution is 2.67. The first kappa shape index (κ1) is 33.5. The lowest BCUT2D eigenvalue weighted by atomic mass is 9.46. The maximum Gasteiger partial charge on any atom is 0.335 e. The van der Waals surface area contributed by atoms with Crippen molar-refractivity contribution in [2.45, 2.75) is 126 Å². The van der Waals surface area contributed by atoms with Gasteiger partial charge in [0.25, 0.3) is 0 Å². The molecule has 0 spiro atoms. The van der Waals surface area contributed by atoms with Gasteiger partial charge in [0.05, 0.1) is 11.3 Å². The molecular formula is C49H57NO5. The van der Waals surface area contributed by atoms with E-state index < -0.39 is 5.97 Å². The van der Waals surface area contributed by atoms with Crippen molar-refractivity contribution in [3.63, 3.8) is 0 Å². The Kier molecular flexibility index (Phi) is 7.26. The Morgan fingerprint density at radius 3 is 1.49 bits per heavy atom.